The number of aromatic hydroxyl groups is 1. The molecule has 1 aromatic heterocycles. The number of rotatable bonds is 4. The van der Waals surface area contributed by atoms with E-state index in [1.165, 1.54) is 0 Å². The Hall–Kier alpha value is -2.49. The smallest absolute Gasteiger partial charge is 0.161 e. The zero-order valence-electron chi connectivity index (χ0n) is 11.3. The van der Waals surface area contributed by atoms with Gasteiger partial charge in [0.1, 0.15) is 0 Å². The quantitative estimate of drug-likeness (QED) is 0.791. The lowest BCUT2D eigenvalue weighted by Crippen LogP contribution is -2.01. The molecule has 0 spiro atoms. The van der Waals surface area contributed by atoms with Crippen molar-refractivity contribution in [1.82, 2.24) is 9.78 Å². The number of hydrogen-bond donors (Lipinski definition) is 1. The normalized spacial score (nSPS) is 10.8. The molecule has 0 amide bonds. The lowest BCUT2D eigenvalue weighted by Gasteiger charge is -2.09. The molecular weight excluding hydrogens is 252 g/mol. The Balaban J connectivity index is 1.72. The third kappa shape index (κ3) is 2.59. The van der Waals surface area contributed by atoms with Gasteiger partial charge in [-0.1, -0.05) is 24.3 Å². The molecule has 0 atom stereocenters. The first-order valence-corrected chi connectivity index (χ1v) is 6.54. The van der Waals surface area contributed by atoms with Crippen LogP contribution in [0.1, 0.15) is 5.56 Å². The van der Waals surface area contributed by atoms with Gasteiger partial charge in [0.25, 0.3) is 0 Å². The van der Waals surface area contributed by atoms with Gasteiger partial charge < -0.3 is 9.84 Å². The first-order valence-electron chi connectivity index (χ1n) is 6.54. The third-order valence-electron chi connectivity index (χ3n) is 3.23. The number of phenolic OH excluding ortho intramolecular Hbond substituents is 1. The van der Waals surface area contributed by atoms with Crippen molar-refractivity contribution in [3.8, 4) is 11.5 Å². The van der Waals surface area contributed by atoms with Crippen LogP contribution in [0.3, 0.4) is 0 Å². The Bertz CT molecular complexity index is 734. The second-order valence-corrected chi connectivity index (χ2v) is 4.79. The van der Waals surface area contributed by atoms with Crippen LogP contribution in [0.4, 0.5) is 0 Å². The van der Waals surface area contributed by atoms with E-state index in [9.17, 15) is 5.11 Å². The summed E-state index contributed by atoms with van der Waals surface area (Å²) < 4.78 is 7.44. The highest BCUT2D eigenvalue weighted by atomic mass is 16.5. The predicted molar refractivity (Wildman–Crippen MR) is 78.0 cm³/mol. The molecular formula is C16H16N2O2. The highest BCUT2D eigenvalue weighted by molar-refractivity contribution is 5.85. The highest BCUT2D eigenvalue weighted by Gasteiger charge is 2.05. The summed E-state index contributed by atoms with van der Waals surface area (Å²) in [4.78, 5) is 0. The first kappa shape index (κ1) is 12.5. The molecule has 0 saturated carbocycles. The molecule has 3 rings (SSSR count). The van der Waals surface area contributed by atoms with E-state index >= 15 is 0 Å². The number of aryl methyl sites for hydroxylation is 1. The molecule has 102 valence electrons. The third-order valence-corrected chi connectivity index (χ3v) is 3.23. The molecule has 4 heteroatoms. The number of benzene rings is 2. The summed E-state index contributed by atoms with van der Waals surface area (Å²) in [7, 11) is 1.89. The van der Waals surface area contributed by atoms with E-state index in [-0.39, 0.29) is 5.75 Å². The summed E-state index contributed by atoms with van der Waals surface area (Å²) in [5.41, 5.74) is 1.12. The van der Waals surface area contributed by atoms with Gasteiger partial charge in [-0.25, -0.2) is 0 Å². The largest absolute Gasteiger partial charge is 0.504 e. The van der Waals surface area contributed by atoms with Crippen molar-refractivity contribution in [1.29, 1.82) is 0 Å². The predicted octanol–water partition coefficient (Wildman–Crippen LogP) is 2.90. The van der Waals surface area contributed by atoms with Crippen LogP contribution in [0, 0.1) is 0 Å². The van der Waals surface area contributed by atoms with Gasteiger partial charge in [-0.3, -0.25) is 4.68 Å². The Morgan fingerprint density at radius 3 is 2.65 bits per heavy atom. The van der Waals surface area contributed by atoms with Gasteiger partial charge >= 0.3 is 0 Å². The molecule has 1 N–H and O–H groups in total. The molecule has 0 bridgehead atoms. The van der Waals surface area contributed by atoms with Crippen LogP contribution in [0.5, 0.6) is 11.5 Å². The maximum absolute atomic E-state index is 9.97. The molecule has 4 nitrogen and oxygen atoms in total. The monoisotopic (exact) mass is 268 g/mol. The highest BCUT2D eigenvalue weighted by Crippen LogP contribution is 2.31. The zero-order valence-corrected chi connectivity index (χ0v) is 11.3. The number of ether oxygens (including phenoxy) is 1. The van der Waals surface area contributed by atoms with Crippen LogP contribution >= 0.6 is 0 Å². The van der Waals surface area contributed by atoms with Crippen LogP contribution in [0.25, 0.3) is 10.8 Å². The Morgan fingerprint density at radius 1 is 1.20 bits per heavy atom. The van der Waals surface area contributed by atoms with E-state index in [2.05, 4.69) is 5.10 Å². The van der Waals surface area contributed by atoms with Gasteiger partial charge in [-0.05, 0) is 28.5 Å². The van der Waals surface area contributed by atoms with Gasteiger partial charge in [-0.2, -0.15) is 5.10 Å². The Morgan fingerprint density at radius 2 is 1.95 bits per heavy atom. The van der Waals surface area contributed by atoms with Crippen molar-refractivity contribution in [2.24, 2.45) is 7.05 Å². The van der Waals surface area contributed by atoms with E-state index in [0.717, 1.165) is 22.8 Å². The van der Waals surface area contributed by atoms with Crippen molar-refractivity contribution in [3.05, 3.63) is 54.4 Å². The fourth-order valence-electron chi connectivity index (χ4n) is 2.20. The average Bonchev–Trinajstić information content (AvgIpc) is 2.85. The first-order chi connectivity index (χ1) is 9.72. The number of hydrogen-bond acceptors (Lipinski definition) is 3. The fourth-order valence-corrected chi connectivity index (χ4v) is 2.20. The second-order valence-electron chi connectivity index (χ2n) is 4.79. The molecule has 2 aromatic carbocycles. The second kappa shape index (κ2) is 5.25. The molecule has 0 aliphatic carbocycles. The standard InChI is InChI=1S/C16H16N2O2/c1-18-11-12(10-17-18)6-7-20-16-9-14-5-3-2-4-13(14)8-15(16)19/h2-5,8-11,19H,6-7H2,1H3. The van der Waals surface area contributed by atoms with Crippen molar-refractivity contribution in [3.63, 3.8) is 0 Å². The maximum Gasteiger partial charge on any atom is 0.161 e. The van der Waals surface area contributed by atoms with Crippen molar-refractivity contribution in [2.45, 2.75) is 6.42 Å². The van der Waals surface area contributed by atoms with Crippen LogP contribution < -0.4 is 4.74 Å². The molecule has 0 aliphatic heterocycles. The maximum atomic E-state index is 9.97. The lowest BCUT2D eigenvalue weighted by atomic mass is 10.1. The summed E-state index contributed by atoms with van der Waals surface area (Å²) >= 11 is 0. The van der Waals surface area contributed by atoms with Gasteiger partial charge in [0.15, 0.2) is 11.5 Å². The van der Waals surface area contributed by atoms with E-state index < -0.39 is 0 Å². The number of fused-ring (bicyclic) bond motifs is 1. The molecule has 0 saturated heterocycles. The minimum absolute atomic E-state index is 0.176. The topological polar surface area (TPSA) is 47.3 Å². The number of phenols is 1. The zero-order chi connectivity index (χ0) is 13.9. The Labute approximate surface area is 117 Å². The van der Waals surface area contributed by atoms with Gasteiger partial charge in [0.2, 0.25) is 0 Å². The van der Waals surface area contributed by atoms with Crippen LogP contribution in [0.15, 0.2) is 48.8 Å². The van der Waals surface area contributed by atoms with Crippen LogP contribution in [-0.2, 0) is 13.5 Å². The van der Waals surface area contributed by atoms with Gasteiger partial charge in [0, 0.05) is 19.7 Å². The summed E-state index contributed by atoms with van der Waals surface area (Å²) in [6, 6.07) is 11.5. The van der Waals surface area contributed by atoms with Crippen molar-refractivity contribution in [2.75, 3.05) is 6.61 Å². The molecule has 20 heavy (non-hydrogen) atoms. The molecule has 1 heterocycles. The SMILES string of the molecule is Cn1cc(CCOc2cc3ccccc3cc2O)cn1. The molecule has 3 aromatic rings. The summed E-state index contributed by atoms with van der Waals surface area (Å²) in [6.45, 7) is 0.512. The average molecular weight is 268 g/mol. The van der Waals surface area contributed by atoms with Crippen LogP contribution in [-0.4, -0.2) is 21.5 Å². The molecule has 0 aliphatic rings. The number of nitrogens with zero attached hydrogens (tertiary/aromatic N) is 2. The van der Waals surface area contributed by atoms with E-state index in [4.69, 9.17) is 4.74 Å². The fraction of sp³-hybridized carbons (Fsp3) is 0.188. The summed E-state index contributed by atoms with van der Waals surface area (Å²) in [5.74, 6) is 0.697. The molecule has 0 fully saturated rings. The van der Waals surface area contributed by atoms with Crippen LogP contribution in [0.2, 0.25) is 0 Å². The van der Waals surface area contributed by atoms with Gasteiger partial charge in [0.05, 0.1) is 12.8 Å². The van der Waals surface area contributed by atoms with E-state index in [1.54, 1.807) is 10.7 Å². The molecule has 0 unspecified atom stereocenters. The lowest BCUT2D eigenvalue weighted by molar-refractivity contribution is 0.304. The minimum atomic E-state index is 0.176. The van der Waals surface area contributed by atoms with E-state index in [0.29, 0.717) is 12.4 Å². The van der Waals surface area contributed by atoms with Gasteiger partial charge in [-0.15, -0.1) is 0 Å². The van der Waals surface area contributed by atoms with Crippen molar-refractivity contribution >= 4 is 10.8 Å². The summed E-state index contributed by atoms with van der Waals surface area (Å²) in [6.07, 6.45) is 4.55. The van der Waals surface area contributed by atoms with Crippen molar-refractivity contribution < 1.29 is 9.84 Å². The minimum Gasteiger partial charge on any atom is -0.504 e. The summed E-state index contributed by atoms with van der Waals surface area (Å²) in [5, 5.41) is 16.1. The Kier molecular flexibility index (Phi) is 3.29. The van der Waals surface area contributed by atoms with E-state index in [1.807, 2.05) is 49.8 Å². The molecule has 0 radical (unpaired) electrons. The number of aromatic nitrogens is 2.